The van der Waals surface area contributed by atoms with E-state index in [0.717, 1.165) is 13.0 Å². The van der Waals surface area contributed by atoms with Crippen LogP contribution >= 0.6 is 0 Å². The van der Waals surface area contributed by atoms with Crippen molar-refractivity contribution in [1.82, 2.24) is 19.9 Å². The minimum Gasteiger partial charge on any atom is -0.373 e. The molecular formula is C13H17N5O. The first-order valence-electron chi connectivity index (χ1n) is 6.18. The van der Waals surface area contributed by atoms with E-state index in [1.165, 1.54) is 0 Å². The standard InChI is InChI=1S/C13H17N5O/c1-14-12-5-2-4-11(17-12)13(19)16-6-3-8-18-9-7-15-10-18/h2,4-5,7,9-10H,3,6,8H2,1H3,(H,14,17)(H,16,19). The lowest BCUT2D eigenvalue weighted by Crippen LogP contribution is -2.26. The van der Waals surface area contributed by atoms with E-state index in [-0.39, 0.29) is 5.91 Å². The van der Waals surface area contributed by atoms with Crippen molar-refractivity contribution in [2.24, 2.45) is 0 Å². The Bertz CT molecular complexity index is 524. The molecule has 2 rings (SSSR count). The van der Waals surface area contributed by atoms with Crippen LogP contribution in [0.3, 0.4) is 0 Å². The number of hydrogen-bond acceptors (Lipinski definition) is 4. The van der Waals surface area contributed by atoms with E-state index in [4.69, 9.17) is 0 Å². The molecule has 1 amide bonds. The summed E-state index contributed by atoms with van der Waals surface area (Å²) in [5.41, 5.74) is 0.425. The fraction of sp³-hybridized carbons (Fsp3) is 0.308. The second kappa shape index (κ2) is 6.53. The van der Waals surface area contributed by atoms with Gasteiger partial charge in [0.15, 0.2) is 0 Å². The zero-order chi connectivity index (χ0) is 13.5. The van der Waals surface area contributed by atoms with Crippen molar-refractivity contribution < 1.29 is 4.79 Å². The van der Waals surface area contributed by atoms with Gasteiger partial charge in [-0.15, -0.1) is 0 Å². The zero-order valence-corrected chi connectivity index (χ0v) is 10.8. The molecular weight excluding hydrogens is 242 g/mol. The highest BCUT2D eigenvalue weighted by atomic mass is 16.1. The summed E-state index contributed by atoms with van der Waals surface area (Å²) in [5.74, 6) is 0.536. The third-order valence-electron chi connectivity index (χ3n) is 2.68. The van der Waals surface area contributed by atoms with Gasteiger partial charge in [-0.05, 0) is 18.6 Å². The van der Waals surface area contributed by atoms with E-state index in [9.17, 15) is 4.79 Å². The number of carbonyl (C=O) groups is 1. The van der Waals surface area contributed by atoms with Gasteiger partial charge in [-0.3, -0.25) is 4.79 Å². The molecule has 19 heavy (non-hydrogen) atoms. The van der Waals surface area contributed by atoms with Crippen LogP contribution in [0.1, 0.15) is 16.9 Å². The van der Waals surface area contributed by atoms with Gasteiger partial charge in [-0.2, -0.15) is 0 Å². The van der Waals surface area contributed by atoms with Crippen LogP contribution in [0, 0.1) is 0 Å². The predicted molar refractivity (Wildman–Crippen MR) is 73.0 cm³/mol. The second-order valence-electron chi connectivity index (χ2n) is 4.07. The Kier molecular flexibility index (Phi) is 4.49. The Morgan fingerprint density at radius 2 is 2.32 bits per heavy atom. The number of nitrogens with one attached hydrogen (secondary N) is 2. The van der Waals surface area contributed by atoms with E-state index < -0.39 is 0 Å². The molecule has 2 aromatic heterocycles. The topological polar surface area (TPSA) is 71.8 Å². The van der Waals surface area contributed by atoms with Crippen LogP contribution < -0.4 is 10.6 Å². The van der Waals surface area contributed by atoms with Gasteiger partial charge < -0.3 is 15.2 Å². The van der Waals surface area contributed by atoms with Gasteiger partial charge in [-0.1, -0.05) is 6.07 Å². The van der Waals surface area contributed by atoms with Gasteiger partial charge in [0.25, 0.3) is 5.91 Å². The van der Waals surface area contributed by atoms with Crippen molar-refractivity contribution in [2.45, 2.75) is 13.0 Å². The molecule has 2 N–H and O–H groups in total. The predicted octanol–water partition coefficient (Wildman–Crippen LogP) is 1.14. The number of imidazole rings is 1. The molecule has 100 valence electrons. The minimum absolute atomic E-state index is 0.150. The van der Waals surface area contributed by atoms with Gasteiger partial charge >= 0.3 is 0 Å². The molecule has 0 spiro atoms. The van der Waals surface area contributed by atoms with Gasteiger partial charge in [-0.25, -0.2) is 9.97 Å². The number of nitrogens with zero attached hydrogens (tertiary/aromatic N) is 3. The maximum Gasteiger partial charge on any atom is 0.269 e. The number of pyridine rings is 1. The smallest absolute Gasteiger partial charge is 0.269 e. The van der Waals surface area contributed by atoms with Crippen molar-refractivity contribution in [3.63, 3.8) is 0 Å². The van der Waals surface area contributed by atoms with Crippen molar-refractivity contribution in [3.8, 4) is 0 Å². The van der Waals surface area contributed by atoms with Crippen LogP contribution in [0.15, 0.2) is 36.9 Å². The second-order valence-corrected chi connectivity index (χ2v) is 4.07. The summed E-state index contributed by atoms with van der Waals surface area (Å²) in [6.07, 6.45) is 6.26. The molecule has 0 aliphatic carbocycles. The highest BCUT2D eigenvalue weighted by Gasteiger charge is 2.06. The third kappa shape index (κ3) is 3.80. The maximum atomic E-state index is 11.9. The molecule has 0 aliphatic heterocycles. The first kappa shape index (κ1) is 13.1. The molecule has 0 fully saturated rings. The van der Waals surface area contributed by atoms with Crippen LogP contribution in [-0.2, 0) is 6.54 Å². The van der Waals surface area contributed by atoms with Crippen LogP contribution in [0.4, 0.5) is 5.82 Å². The number of rotatable bonds is 6. The Hall–Kier alpha value is -2.37. The van der Waals surface area contributed by atoms with Crippen LogP contribution in [0.5, 0.6) is 0 Å². The molecule has 0 atom stereocenters. The molecule has 2 aromatic rings. The van der Waals surface area contributed by atoms with Gasteiger partial charge in [0, 0.05) is 32.5 Å². The lowest BCUT2D eigenvalue weighted by molar-refractivity contribution is 0.0948. The fourth-order valence-electron chi connectivity index (χ4n) is 1.67. The molecule has 0 saturated carbocycles. The van der Waals surface area contributed by atoms with E-state index >= 15 is 0 Å². The van der Waals surface area contributed by atoms with E-state index in [1.807, 2.05) is 16.8 Å². The maximum absolute atomic E-state index is 11.9. The fourth-order valence-corrected chi connectivity index (χ4v) is 1.67. The molecule has 0 saturated heterocycles. The Labute approximate surface area is 111 Å². The summed E-state index contributed by atoms with van der Waals surface area (Å²) in [4.78, 5) is 20.0. The number of aromatic nitrogens is 3. The third-order valence-corrected chi connectivity index (χ3v) is 2.68. The summed E-state index contributed by atoms with van der Waals surface area (Å²) in [5, 5.41) is 5.76. The molecule has 2 heterocycles. The monoisotopic (exact) mass is 259 g/mol. The molecule has 0 aromatic carbocycles. The number of amides is 1. The number of carbonyl (C=O) groups excluding carboxylic acids is 1. The lowest BCUT2D eigenvalue weighted by Gasteiger charge is -2.06. The molecule has 0 unspecified atom stereocenters. The SMILES string of the molecule is CNc1cccc(C(=O)NCCCn2ccnc2)n1. The summed E-state index contributed by atoms with van der Waals surface area (Å²) < 4.78 is 1.98. The Morgan fingerprint density at radius 3 is 3.05 bits per heavy atom. The summed E-state index contributed by atoms with van der Waals surface area (Å²) in [7, 11) is 1.77. The van der Waals surface area contributed by atoms with Crippen LogP contribution in [-0.4, -0.2) is 34.0 Å². The molecule has 6 nitrogen and oxygen atoms in total. The average Bonchev–Trinajstić information content (AvgIpc) is 2.96. The van der Waals surface area contributed by atoms with Gasteiger partial charge in [0.05, 0.1) is 6.33 Å². The first-order chi connectivity index (χ1) is 9.29. The molecule has 0 radical (unpaired) electrons. The van der Waals surface area contributed by atoms with Crippen molar-refractivity contribution in [3.05, 3.63) is 42.6 Å². The van der Waals surface area contributed by atoms with Crippen LogP contribution in [0.25, 0.3) is 0 Å². The Morgan fingerprint density at radius 1 is 1.42 bits per heavy atom. The summed E-state index contributed by atoms with van der Waals surface area (Å²) in [6.45, 7) is 1.45. The minimum atomic E-state index is -0.150. The molecule has 0 bridgehead atoms. The Balaban J connectivity index is 1.77. The normalized spacial score (nSPS) is 10.2. The summed E-state index contributed by atoms with van der Waals surface area (Å²) in [6, 6.07) is 5.32. The highest BCUT2D eigenvalue weighted by Crippen LogP contribution is 2.03. The van der Waals surface area contributed by atoms with E-state index in [2.05, 4.69) is 20.6 Å². The van der Waals surface area contributed by atoms with Crippen molar-refractivity contribution in [1.29, 1.82) is 0 Å². The highest BCUT2D eigenvalue weighted by molar-refractivity contribution is 5.92. The van der Waals surface area contributed by atoms with Crippen LogP contribution in [0.2, 0.25) is 0 Å². The quantitative estimate of drug-likeness (QED) is 0.763. The largest absolute Gasteiger partial charge is 0.373 e. The molecule has 0 aliphatic rings. The average molecular weight is 259 g/mol. The summed E-state index contributed by atoms with van der Waals surface area (Å²) >= 11 is 0. The zero-order valence-electron chi connectivity index (χ0n) is 10.8. The first-order valence-corrected chi connectivity index (χ1v) is 6.18. The molecule has 6 heteroatoms. The van der Waals surface area contributed by atoms with Crippen molar-refractivity contribution >= 4 is 11.7 Å². The lowest BCUT2D eigenvalue weighted by atomic mass is 10.3. The van der Waals surface area contributed by atoms with E-state index in [1.54, 1.807) is 31.7 Å². The van der Waals surface area contributed by atoms with E-state index in [0.29, 0.717) is 18.1 Å². The van der Waals surface area contributed by atoms with Crippen molar-refractivity contribution in [2.75, 3.05) is 18.9 Å². The number of anilines is 1. The number of aryl methyl sites for hydroxylation is 1. The van der Waals surface area contributed by atoms with Gasteiger partial charge in [0.2, 0.25) is 0 Å². The van der Waals surface area contributed by atoms with Gasteiger partial charge in [0.1, 0.15) is 11.5 Å². The number of hydrogen-bond donors (Lipinski definition) is 2.